The average Bonchev–Trinajstić information content (AvgIpc) is 2.80. The summed E-state index contributed by atoms with van der Waals surface area (Å²) in [5, 5.41) is 6.99. The molecule has 0 aromatic rings. The Balaban J connectivity index is 2.00. The molecule has 100 valence electrons. The monoisotopic (exact) mass is 260 g/mol. The minimum atomic E-state index is 0.0914. The zero-order valence-electron chi connectivity index (χ0n) is 10.8. The van der Waals surface area contributed by atoms with E-state index in [0.717, 1.165) is 11.7 Å². The molecule has 2 atom stereocenters. The zero-order valence-corrected chi connectivity index (χ0v) is 11.6. The van der Waals surface area contributed by atoms with Crippen molar-refractivity contribution < 1.29 is 9.53 Å². The van der Waals surface area contributed by atoms with Gasteiger partial charge >= 0.3 is 0 Å². The van der Waals surface area contributed by atoms with E-state index in [4.69, 9.17) is 4.74 Å². The van der Waals surface area contributed by atoms with Gasteiger partial charge in [-0.3, -0.25) is 4.79 Å². The third-order valence-corrected chi connectivity index (χ3v) is 4.21. The van der Waals surface area contributed by atoms with E-state index in [1.54, 1.807) is 7.11 Å². The highest BCUT2D eigenvalue weighted by atomic mass is 32.2. The number of amides is 1. The molecule has 5 heteroatoms. The highest BCUT2D eigenvalue weighted by Gasteiger charge is 2.23. The van der Waals surface area contributed by atoms with E-state index in [0.29, 0.717) is 25.7 Å². The second-order valence-corrected chi connectivity index (χ2v) is 5.58. The van der Waals surface area contributed by atoms with Crippen molar-refractivity contribution >= 4 is 17.7 Å². The highest BCUT2D eigenvalue weighted by molar-refractivity contribution is 7.99. The third-order valence-electron chi connectivity index (χ3n) is 3.12. The van der Waals surface area contributed by atoms with Gasteiger partial charge in [0.2, 0.25) is 5.91 Å². The average molecular weight is 260 g/mol. The van der Waals surface area contributed by atoms with Crippen LogP contribution >= 0.6 is 11.8 Å². The summed E-state index contributed by atoms with van der Waals surface area (Å²) < 4.78 is 4.92. The van der Waals surface area contributed by atoms with Gasteiger partial charge in [0, 0.05) is 31.6 Å². The van der Waals surface area contributed by atoms with E-state index in [1.165, 1.54) is 19.3 Å². The Morgan fingerprint density at radius 3 is 2.94 bits per heavy atom. The molecule has 0 saturated heterocycles. The van der Waals surface area contributed by atoms with Gasteiger partial charge in [-0.15, -0.1) is 0 Å². The summed E-state index contributed by atoms with van der Waals surface area (Å²) in [5.41, 5.74) is 0. The summed E-state index contributed by atoms with van der Waals surface area (Å²) >= 11 is 1.94. The lowest BCUT2D eigenvalue weighted by Crippen LogP contribution is -2.38. The van der Waals surface area contributed by atoms with Crippen LogP contribution in [0.25, 0.3) is 0 Å². The van der Waals surface area contributed by atoms with Crippen LogP contribution in [0.4, 0.5) is 0 Å². The maximum atomic E-state index is 11.5. The smallest absolute Gasteiger partial charge is 0.233 e. The number of hydrogen-bond acceptors (Lipinski definition) is 4. The topological polar surface area (TPSA) is 50.4 Å². The maximum Gasteiger partial charge on any atom is 0.233 e. The van der Waals surface area contributed by atoms with Gasteiger partial charge in [0.1, 0.15) is 0 Å². The van der Waals surface area contributed by atoms with Gasteiger partial charge in [-0.25, -0.2) is 0 Å². The second-order valence-electron chi connectivity index (χ2n) is 4.44. The number of methoxy groups -OCH3 is 1. The minimum absolute atomic E-state index is 0.0914. The molecule has 1 fully saturated rings. The summed E-state index contributed by atoms with van der Waals surface area (Å²) in [6, 6.07) is 0.525. The van der Waals surface area contributed by atoms with Crippen LogP contribution in [0.2, 0.25) is 0 Å². The van der Waals surface area contributed by atoms with Crippen molar-refractivity contribution in [2.24, 2.45) is 0 Å². The first-order valence-corrected chi connectivity index (χ1v) is 7.57. The summed E-state index contributed by atoms with van der Waals surface area (Å²) in [7, 11) is 1.67. The normalized spacial score (nSPS) is 23.9. The molecule has 4 nitrogen and oxygen atoms in total. The number of hydrogen-bond donors (Lipinski definition) is 2. The lowest BCUT2D eigenvalue weighted by atomic mass is 10.2. The highest BCUT2D eigenvalue weighted by Crippen LogP contribution is 2.27. The summed E-state index contributed by atoms with van der Waals surface area (Å²) in [4.78, 5) is 11.5. The summed E-state index contributed by atoms with van der Waals surface area (Å²) in [6.45, 7) is 1.84. The summed E-state index contributed by atoms with van der Waals surface area (Å²) in [6.07, 6.45) is 6.70. The van der Waals surface area contributed by atoms with E-state index < -0.39 is 0 Å². The molecule has 0 radical (unpaired) electrons. The van der Waals surface area contributed by atoms with Crippen molar-refractivity contribution in [2.75, 3.05) is 33.1 Å². The molecule has 1 aliphatic rings. The van der Waals surface area contributed by atoms with E-state index in [-0.39, 0.29) is 5.91 Å². The van der Waals surface area contributed by atoms with Crippen molar-refractivity contribution in [3.63, 3.8) is 0 Å². The number of thioether (sulfide) groups is 1. The number of rotatable bonds is 8. The van der Waals surface area contributed by atoms with Gasteiger partial charge in [-0.2, -0.15) is 11.8 Å². The quantitative estimate of drug-likeness (QED) is 0.640. The Hall–Kier alpha value is -0.260. The molecule has 0 heterocycles. The van der Waals surface area contributed by atoms with Crippen LogP contribution in [-0.4, -0.2) is 50.3 Å². The molecule has 0 aliphatic heterocycles. The van der Waals surface area contributed by atoms with E-state index in [1.807, 2.05) is 11.8 Å². The largest absolute Gasteiger partial charge is 0.385 e. The van der Waals surface area contributed by atoms with Gasteiger partial charge in [0.15, 0.2) is 0 Å². The zero-order chi connectivity index (χ0) is 12.5. The van der Waals surface area contributed by atoms with Gasteiger partial charge in [0.05, 0.1) is 6.54 Å². The molecule has 1 amide bonds. The van der Waals surface area contributed by atoms with Gasteiger partial charge in [-0.1, -0.05) is 0 Å². The SMILES string of the molecule is COCCCNC(=O)CNC1CCC(SC)C1. The standard InChI is InChI=1S/C12H24N2O2S/c1-16-7-3-6-13-12(15)9-14-10-4-5-11(8-10)17-2/h10-11,14H,3-9H2,1-2H3,(H,13,15). The fraction of sp³-hybridized carbons (Fsp3) is 0.917. The van der Waals surface area contributed by atoms with Crippen LogP contribution in [0, 0.1) is 0 Å². The van der Waals surface area contributed by atoms with Crippen molar-refractivity contribution in [1.82, 2.24) is 10.6 Å². The Morgan fingerprint density at radius 2 is 2.29 bits per heavy atom. The number of nitrogens with one attached hydrogen (secondary N) is 2. The Bertz CT molecular complexity index is 227. The molecular formula is C12H24N2O2S. The lowest BCUT2D eigenvalue weighted by molar-refractivity contribution is -0.120. The minimum Gasteiger partial charge on any atom is -0.385 e. The molecule has 2 N–H and O–H groups in total. The van der Waals surface area contributed by atoms with Gasteiger partial charge in [-0.05, 0) is 31.9 Å². The van der Waals surface area contributed by atoms with Crippen LogP contribution in [0.5, 0.6) is 0 Å². The van der Waals surface area contributed by atoms with Gasteiger partial charge < -0.3 is 15.4 Å². The fourth-order valence-electron chi connectivity index (χ4n) is 2.08. The van der Waals surface area contributed by atoms with Crippen molar-refractivity contribution in [2.45, 2.75) is 37.0 Å². The first-order valence-electron chi connectivity index (χ1n) is 6.28. The first kappa shape index (κ1) is 14.8. The molecule has 0 spiro atoms. The number of carbonyl (C=O) groups is 1. The molecule has 0 aromatic carbocycles. The molecular weight excluding hydrogens is 236 g/mol. The molecule has 0 aromatic heterocycles. The van der Waals surface area contributed by atoms with Gasteiger partial charge in [0.25, 0.3) is 0 Å². The first-order chi connectivity index (χ1) is 8.26. The van der Waals surface area contributed by atoms with Crippen molar-refractivity contribution in [3.05, 3.63) is 0 Å². The second kappa shape index (κ2) is 8.78. The Kier molecular flexibility index (Phi) is 7.64. The Morgan fingerprint density at radius 1 is 1.47 bits per heavy atom. The number of ether oxygens (including phenoxy) is 1. The van der Waals surface area contributed by atoms with Crippen molar-refractivity contribution in [3.8, 4) is 0 Å². The van der Waals surface area contributed by atoms with E-state index in [2.05, 4.69) is 16.9 Å². The van der Waals surface area contributed by atoms with E-state index in [9.17, 15) is 4.79 Å². The molecule has 2 unspecified atom stereocenters. The Labute approximate surface area is 108 Å². The van der Waals surface area contributed by atoms with Crippen LogP contribution in [0.15, 0.2) is 0 Å². The van der Waals surface area contributed by atoms with E-state index >= 15 is 0 Å². The van der Waals surface area contributed by atoms with Crippen molar-refractivity contribution in [1.29, 1.82) is 0 Å². The predicted octanol–water partition coefficient (Wildman–Crippen LogP) is 1.01. The fourth-order valence-corrected chi connectivity index (χ4v) is 2.88. The molecule has 1 rings (SSSR count). The summed E-state index contributed by atoms with van der Waals surface area (Å²) in [5.74, 6) is 0.0914. The lowest BCUT2D eigenvalue weighted by Gasteiger charge is -2.12. The number of carbonyl (C=O) groups excluding carboxylic acids is 1. The molecule has 1 saturated carbocycles. The van der Waals surface area contributed by atoms with Crippen LogP contribution in [0.1, 0.15) is 25.7 Å². The molecule has 0 bridgehead atoms. The van der Waals surface area contributed by atoms with Crippen LogP contribution in [-0.2, 0) is 9.53 Å². The predicted molar refractivity (Wildman–Crippen MR) is 72.4 cm³/mol. The third kappa shape index (κ3) is 6.29. The molecule has 17 heavy (non-hydrogen) atoms. The van der Waals surface area contributed by atoms with Crippen LogP contribution in [0.3, 0.4) is 0 Å². The molecule has 1 aliphatic carbocycles. The van der Waals surface area contributed by atoms with Crippen LogP contribution < -0.4 is 10.6 Å². The maximum absolute atomic E-state index is 11.5.